The van der Waals surface area contributed by atoms with Crippen LogP contribution in [0.2, 0.25) is 0 Å². The van der Waals surface area contributed by atoms with Gasteiger partial charge in [-0.15, -0.1) is 0 Å². The van der Waals surface area contributed by atoms with Gasteiger partial charge in [-0.3, -0.25) is 4.90 Å². The molecular formula is C25H33N3O2. The van der Waals surface area contributed by atoms with Gasteiger partial charge < -0.3 is 15.4 Å². The van der Waals surface area contributed by atoms with Crippen molar-refractivity contribution in [3.63, 3.8) is 0 Å². The standard InChI is InChI=1S/C25H33N3O2/c1-19(22-12-11-20-7-5-6-10-23(20)17-22)27-25(29)26-18-24(21-8-3-2-4-9-21)28-13-15-30-16-14-28/h2-4,8-9,11-12,17,19,24H,5-7,10,13-16,18H2,1H3,(H2,26,27,29). The van der Waals surface area contributed by atoms with Gasteiger partial charge in [-0.1, -0.05) is 48.5 Å². The molecule has 2 aliphatic rings. The number of nitrogens with one attached hydrogen (secondary N) is 2. The maximum Gasteiger partial charge on any atom is 0.315 e. The number of hydrogen-bond donors (Lipinski definition) is 2. The zero-order valence-electron chi connectivity index (χ0n) is 17.9. The van der Waals surface area contributed by atoms with Crippen LogP contribution in [0.15, 0.2) is 48.5 Å². The first-order valence-corrected chi connectivity index (χ1v) is 11.2. The molecule has 0 radical (unpaired) electrons. The predicted octanol–water partition coefficient (Wildman–Crippen LogP) is 4.00. The van der Waals surface area contributed by atoms with Crippen molar-refractivity contribution < 1.29 is 9.53 Å². The van der Waals surface area contributed by atoms with E-state index in [0.717, 1.165) is 32.7 Å². The number of carbonyl (C=O) groups excluding carboxylic acids is 1. The summed E-state index contributed by atoms with van der Waals surface area (Å²) in [6.07, 6.45) is 4.89. The van der Waals surface area contributed by atoms with Crippen LogP contribution in [0.5, 0.6) is 0 Å². The summed E-state index contributed by atoms with van der Waals surface area (Å²) in [5.41, 5.74) is 5.32. The van der Waals surface area contributed by atoms with E-state index >= 15 is 0 Å². The number of carbonyl (C=O) groups is 1. The molecule has 1 aliphatic heterocycles. The first-order chi connectivity index (χ1) is 14.7. The highest BCUT2D eigenvalue weighted by molar-refractivity contribution is 5.74. The number of urea groups is 1. The van der Waals surface area contributed by atoms with Gasteiger partial charge in [0.15, 0.2) is 0 Å². The molecule has 2 N–H and O–H groups in total. The highest BCUT2D eigenvalue weighted by Gasteiger charge is 2.23. The molecule has 2 aromatic carbocycles. The van der Waals surface area contributed by atoms with Crippen molar-refractivity contribution in [2.24, 2.45) is 0 Å². The van der Waals surface area contributed by atoms with Gasteiger partial charge in [-0.25, -0.2) is 4.79 Å². The predicted molar refractivity (Wildman–Crippen MR) is 120 cm³/mol. The summed E-state index contributed by atoms with van der Waals surface area (Å²) < 4.78 is 5.51. The molecule has 0 aromatic heterocycles. The molecule has 2 amide bonds. The van der Waals surface area contributed by atoms with Crippen LogP contribution in [0.1, 0.15) is 54.1 Å². The average Bonchev–Trinajstić information content (AvgIpc) is 2.80. The van der Waals surface area contributed by atoms with Crippen LogP contribution >= 0.6 is 0 Å². The molecule has 1 aliphatic carbocycles. The minimum Gasteiger partial charge on any atom is -0.379 e. The second-order valence-electron chi connectivity index (χ2n) is 8.39. The van der Waals surface area contributed by atoms with Crippen molar-refractivity contribution in [3.8, 4) is 0 Å². The number of benzene rings is 2. The lowest BCUT2D eigenvalue weighted by Gasteiger charge is -2.35. The largest absolute Gasteiger partial charge is 0.379 e. The van der Waals surface area contributed by atoms with Gasteiger partial charge in [-0.2, -0.15) is 0 Å². The Labute approximate surface area is 179 Å². The minimum atomic E-state index is -0.116. The lowest BCUT2D eigenvalue weighted by Crippen LogP contribution is -2.46. The SMILES string of the molecule is CC(NC(=O)NCC(c1ccccc1)N1CCOCC1)c1ccc2c(c1)CCCC2. The van der Waals surface area contributed by atoms with E-state index in [1.54, 1.807) is 0 Å². The molecule has 5 heteroatoms. The Balaban J connectivity index is 1.36. The monoisotopic (exact) mass is 407 g/mol. The zero-order chi connectivity index (χ0) is 20.8. The van der Waals surface area contributed by atoms with Crippen LogP contribution < -0.4 is 10.6 Å². The van der Waals surface area contributed by atoms with Gasteiger partial charge in [-0.05, 0) is 54.9 Å². The summed E-state index contributed by atoms with van der Waals surface area (Å²) in [6, 6.07) is 17.1. The maximum atomic E-state index is 12.7. The van der Waals surface area contributed by atoms with Crippen molar-refractivity contribution in [3.05, 3.63) is 70.8 Å². The smallest absolute Gasteiger partial charge is 0.315 e. The van der Waals surface area contributed by atoms with E-state index in [0.29, 0.717) is 6.54 Å². The van der Waals surface area contributed by atoms with Gasteiger partial charge in [0.05, 0.1) is 25.3 Å². The van der Waals surface area contributed by atoms with Gasteiger partial charge in [0.2, 0.25) is 0 Å². The van der Waals surface area contributed by atoms with Crippen molar-refractivity contribution in [1.29, 1.82) is 0 Å². The van der Waals surface area contributed by atoms with Crippen LogP contribution in [0.25, 0.3) is 0 Å². The number of morpholine rings is 1. The molecule has 2 unspecified atom stereocenters. The van der Waals surface area contributed by atoms with Gasteiger partial charge in [0.1, 0.15) is 0 Å². The van der Waals surface area contributed by atoms with E-state index in [9.17, 15) is 4.79 Å². The average molecular weight is 408 g/mol. The second kappa shape index (κ2) is 10.1. The number of ether oxygens (including phenoxy) is 1. The van der Waals surface area contributed by atoms with Crippen LogP contribution in [0.4, 0.5) is 4.79 Å². The van der Waals surface area contributed by atoms with Crippen molar-refractivity contribution in [2.45, 2.75) is 44.7 Å². The molecule has 1 heterocycles. The molecule has 4 rings (SSSR count). The Hall–Kier alpha value is -2.37. The molecule has 0 bridgehead atoms. The summed E-state index contributed by atoms with van der Waals surface area (Å²) in [5.74, 6) is 0. The van der Waals surface area contributed by atoms with E-state index in [4.69, 9.17) is 4.74 Å². The Morgan fingerprint density at radius 1 is 1.00 bits per heavy atom. The Morgan fingerprint density at radius 3 is 2.50 bits per heavy atom. The number of rotatable bonds is 6. The molecule has 1 saturated heterocycles. The summed E-state index contributed by atoms with van der Waals surface area (Å²) in [5, 5.41) is 6.23. The first kappa shape index (κ1) is 20.9. The van der Waals surface area contributed by atoms with E-state index in [1.165, 1.54) is 41.5 Å². The van der Waals surface area contributed by atoms with Gasteiger partial charge in [0.25, 0.3) is 0 Å². The molecule has 1 fully saturated rings. The molecule has 0 saturated carbocycles. The fourth-order valence-electron chi connectivity index (χ4n) is 4.57. The molecule has 160 valence electrons. The Bertz CT molecular complexity index is 834. The van der Waals surface area contributed by atoms with Gasteiger partial charge in [0, 0.05) is 19.6 Å². The Kier molecular flexibility index (Phi) is 7.03. The maximum absolute atomic E-state index is 12.7. The lowest BCUT2D eigenvalue weighted by atomic mass is 9.89. The van der Waals surface area contributed by atoms with Crippen molar-refractivity contribution in [1.82, 2.24) is 15.5 Å². The number of aryl methyl sites for hydroxylation is 2. The fourth-order valence-corrected chi connectivity index (χ4v) is 4.57. The first-order valence-electron chi connectivity index (χ1n) is 11.2. The van der Waals surface area contributed by atoms with Crippen LogP contribution in [0.3, 0.4) is 0 Å². The highest BCUT2D eigenvalue weighted by Crippen LogP contribution is 2.25. The third kappa shape index (κ3) is 5.21. The third-order valence-corrected chi connectivity index (χ3v) is 6.35. The van der Waals surface area contributed by atoms with Crippen LogP contribution in [-0.2, 0) is 17.6 Å². The van der Waals surface area contributed by atoms with E-state index in [2.05, 4.69) is 64.9 Å². The summed E-state index contributed by atoms with van der Waals surface area (Å²) >= 11 is 0. The van der Waals surface area contributed by atoms with Gasteiger partial charge >= 0.3 is 6.03 Å². The normalized spacial score (nSPS) is 18.8. The summed E-state index contributed by atoms with van der Waals surface area (Å²) in [7, 11) is 0. The fraction of sp³-hybridized carbons (Fsp3) is 0.480. The van der Waals surface area contributed by atoms with E-state index < -0.39 is 0 Å². The van der Waals surface area contributed by atoms with E-state index in [-0.39, 0.29) is 18.1 Å². The van der Waals surface area contributed by atoms with Crippen LogP contribution in [0, 0.1) is 0 Å². The lowest BCUT2D eigenvalue weighted by molar-refractivity contribution is 0.0167. The summed E-state index contributed by atoms with van der Waals surface area (Å²) in [6.45, 7) is 5.88. The Morgan fingerprint density at radius 2 is 1.73 bits per heavy atom. The highest BCUT2D eigenvalue weighted by atomic mass is 16.5. The number of hydrogen-bond acceptors (Lipinski definition) is 3. The quantitative estimate of drug-likeness (QED) is 0.761. The zero-order valence-corrected chi connectivity index (χ0v) is 17.9. The van der Waals surface area contributed by atoms with E-state index in [1.807, 2.05) is 6.07 Å². The van der Waals surface area contributed by atoms with Crippen LogP contribution in [-0.4, -0.2) is 43.8 Å². The van der Waals surface area contributed by atoms with Crippen molar-refractivity contribution >= 4 is 6.03 Å². The number of nitrogens with zero attached hydrogens (tertiary/aromatic N) is 1. The second-order valence-corrected chi connectivity index (χ2v) is 8.39. The molecule has 0 spiro atoms. The third-order valence-electron chi connectivity index (χ3n) is 6.35. The molecule has 5 nitrogen and oxygen atoms in total. The summed E-state index contributed by atoms with van der Waals surface area (Å²) in [4.78, 5) is 15.1. The molecule has 2 atom stereocenters. The number of amides is 2. The number of fused-ring (bicyclic) bond motifs is 1. The minimum absolute atomic E-state index is 0.0178. The molecule has 2 aromatic rings. The topological polar surface area (TPSA) is 53.6 Å². The molecule has 30 heavy (non-hydrogen) atoms. The molecular weight excluding hydrogens is 374 g/mol. The van der Waals surface area contributed by atoms with Crippen molar-refractivity contribution in [2.75, 3.05) is 32.8 Å².